The smallest absolute Gasteiger partial charge is 0.247 e. The highest BCUT2D eigenvalue weighted by Crippen LogP contribution is 2.36. The number of nitrogens with one attached hydrogen (secondary N) is 2. The molecule has 4 rings (SSSR count). The van der Waals surface area contributed by atoms with Gasteiger partial charge in [-0.05, 0) is 67.3 Å². The minimum atomic E-state index is -1.04. The maximum absolute atomic E-state index is 14.2. The van der Waals surface area contributed by atoms with Crippen LogP contribution in [-0.4, -0.2) is 40.7 Å². The number of fused-ring (bicyclic) bond motifs is 1. The molecular formula is C28H34FN3O3. The molecule has 6 nitrogen and oxygen atoms in total. The fourth-order valence-corrected chi connectivity index (χ4v) is 5.36. The van der Waals surface area contributed by atoms with Gasteiger partial charge in [-0.15, -0.1) is 0 Å². The topological polar surface area (TPSA) is 78.5 Å². The molecule has 35 heavy (non-hydrogen) atoms. The summed E-state index contributed by atoms with van der Waals surface area (Å²) >= 11 is 0. The van der Waals surface area contributed by atoms with Gasteiger partial charge in [-0.3, -0.25) is 14.4 Å². The zero-order valence-corrected chi connectivity index (χ0v) is 20.8. The van der Waals surface area contributed by atoms with E-state index < -0.39 is 23.9 Å². The van der Waals surface area contributed by atoms with Gasteiger partial charge in [-0.25, -0.2) is 4.39 Å². The molecule has 2 aliphatic rings. The molecule has 0 saturated carbocycles. The van der Waals surface area contributed by atoms with Crippen molar-refractivity contribution in [2.75, 3.05) is 0 Å². The van der Waals surface area contributed by atoms with Gasteiger partial charge < -0.3 is 15.5 Å². The van der Waals surface area contributed by atoms with Crippen LogP contribution in [0.5, 0.6) is 0 Å². The number of carbonyl (C=O) groups excluding carboxylic acids is 3. The summed E-state index contributed by atoms with van der Waals surface area (Å²) in [7, 11) is 0. The Labute approximate surface area is 206 Å². The molecule has 0 unspecified atom stereocenters. The molecule has 2 N–H and O–H groups in total. The van der Waals surface area contributed by atoms with Crippen molar-refractivity contribution >= 4 is 17.7 Å². The fourth-order valence-electron chi connectivity index (χ4n) is 5.36. The van der Waals surface area contributed by atoms with Gasteiger partial charge in [0, 0.05) is 6.04 Å². The first kappa shape index (κ1) is 24.9. The Morgan fingerprint density at radius 1 is 1.06 bits per heavy atom. The quantitative estimate of drug-likeness (QED) is 0.638. The minimum Gasteiger partial charge on any atom is -0.352 e. The molecule has 1 heterocycles. The van der Waals surface area contributed by atoms with Crippen LogP contribution in [0.25, 0.3) is 0 Å². The number of hydrogen-bond acceptors (Lipinski definition) is 3. The molecule has 0 bridgehead atoms. The monoisotopic (exact) mass is 479 g/mol. The Kier molecular flexibility index (Phi) is 7.24. The molecule has 1 saturated heterocycles. The Morgan fingerprint density at radius 2 is 1.66 bits per heavy atom. The largest absolute Gasteiger partial charge is 0.352 e. The third kappa shape index (κ3) is 4.95. The van der Waals surface area contributed by atoms with Crippen molar-refractivity contribution in [1.82, 2.24) is 15.5 Å². The Bertz CT molecular complexity index is 1080. The summed E-state index contributed by atoms with van der Waals surface area (Å²) in [6.07, 6.45) is 2.03. The summed E-state index contributed by atoms with van der Waals surface area (Å²) in [5.41, 5.74) is 2.85. The molecule has 2 aromatic carbocycles. The molecule has 1 fully saturated rings. The number of rotatable bonds is 7. The third-order valence-corrected chi connectivity index (χ3v) is 7.27. The van der Waals surface area contributed by atoms with Crippen LogP contribution < -0.4 is 10.6 Å². The second kappa shape index (κ2) is 10.2. The van der Waals surface area contributed by atoms with E-state index in [-0.39, 0.29) is 35.6 Å². The van der Waals surface area contributed by atoms with Crippen LogP contribution in [0.4, 0.5) is 4.39 Å². The lowest BCUT2D eigenvalue weighted by Crippen LogP contribution is -2.68. The summed E-state index contributed by atoms with van der Waals surface area (Å²) in [5.74, 6) is -1.58. The van der Waals surface area contributed by atoms with E-state index in [1.165, 1.54) is 40.3 Å². The van der Waals surface area contributed by atoms with E-state index in [0.29, 0.717) is 24.8 Å². The SMILES string of the molecule is CC[C@@H](C)[C@@H]1C(=O)N[C@H](C2Cc3ccccc3C2)C(=O)N1[C@H](C(=O)NC(C)C)c1ccc(F)cc1. The summed E-state index contributed by atoms with van der Waals surface area (Å²) < 4.78 is 13.8. The number of piperazine rings is 1. The van der Waals surface area contributed by atoms with Crippen molar-refractivity contribution < 1.29 is 18.8 Å². The Hall–Kier alpha value is -3.22. The van der Waals surface area contributed by atoms with Crippen LogP contribution in [0.1, 0.15) is 56.8 Å². The zero-order chi connectivity index (χ0) is 25.3. The molecule has 0 aromatic heterocycles. The van der Waals surface area contributed by atoms with Crippen LogP contribution >= 0.6 is 0 Å². The first-order valence-corrected chi connectivity index (χ1v) is 12.5. The molecule has 3 amide bonds. The molecule has 0 radical (unpaired) electrons. The average Bonchev–Trinajstić information content (AvgIpc) is 3.25. The molecule has 1 aliphatic heterocycles. The molecule has 1 aliphatic carbocycles. The lowest BCUT2D eigenvalue weighted by atomic mass is 9.86. The Morgan fingerprint density at radius 3 is 2.20 bits per heavy atom. The van der Waals surface area contributed by atoms with Crippen molar-refractivity contribution in [2.45, 2.75) is 71.1 Å². The first-order valence-electron chi connectivity index (χ1n) is 12.5. The lowest BCUT2D eigenvalue weighted by Gasteiger charge is -2.46. The van der Waals surface area contributed by atoms with Gasteiger partial charge in [-0.1, -0.05) is 56.7 Å². The molecule has 2 aromatic rings. The van der Waals surface area contributed by atoms with Gasteiger partial charge in [0.15, 0.2) is 0 Å². The highest BCUT2D eigenvalue weighted by atomic mass is 19.1. The predicted molar refractivity (Wildman–Crippen MR) is 132 cm³/mol. The first-order chi connectivity index (χ1) is 16.7. The summed E-state index contributed by atoms with van der Waals surface area (Å²) in [4.78, 5) is 42.7. The van der Waals surface area contributed by atoms with E-state index in [0.717, 1.165) is 0 Å². The maximum atomic E-state index is 14.2. The van der Waals surface area contributed by atoms with Crippen molar-refractivity contribution in [3.8, 4) is 0 Å². The van der Waals surface area contributed by atoms with Crippen molar-refractivity contribution in [1.29, 1.82) is 0 Å². The van der Waals surface area contributed by atoms with Crippen LogP contribution in [0, 0.1) is 17.7 Å². The molecule has 4 atom stereocenters. The predicted octanol–water partition coefficient (Wildman–Crippen LogP) is 3.55. The standard InChI is InChI=1S/C28H34FN3O3/c1-5-17(4)24-26(33)31-23(21-14-19-8-6-7-9-20(19)15-21)28(35)32(24)25(27(34)30-16(2)3)18-10-12-22(29)13-11-18/h6-13,16-17,21,23-25H,5,14-15H2,1-4H3,(H,30,34)(H,31,33)/t17-,23-,24-,25+/m1/s1. The van der Waals surface area contributed by atoms with Crippen molar-refractivity contribution in [2.24, 2.45) is 11.8 Å². The van der Waals surface area contributed by atoms with Crippen molar-refractivity contribution in [3.63, 3.8) is 0 Å². The van der Waals surface area contributed by atoms with E-state index in [1.54, 1.807) is 0 Å². The van der Waals surface area contributed by atoms with E-state index in [1.807, 2.05) is 39.8 Å². The highest BCUT2D eigenvalue weighted by molar-refractivity contribution is 6.00. The molecule has 0 spiro atoms. The fraction of sp³-hybridized carbons (Fsp3) is 0.464. The van der Waals surface area contributed by atoms with E-state index in [4.69, 9.17) is 0 Å². The normalized spacial score (nSPS) is 22.1. The molecule has 7 heteroatoms. The van der Waals surface area contributed by atoms with E-state index >= 15 is 0 Å². The third-order valence-electron chi connectivity index (χ3n) is 7.27. The maximum Gasteiger partial charge on any atom is 0.247 e. The zero-order valence-electron chi connectivity index (χ0n) is 20.8. The number of amides is 3. The summed E-state index contributed by atoms with van der Waals surface area (Å²) in [5, 5.41) is 5.92. The number of carbonyl (C=O) groups is 3. The molecule has 186 valence electrons. The van der Waals surface area contributed by atoms with E-state index in [9.17, 15) is 18.8 Å². The second-order valence-electron chi connectivity index (χ2n) is 10.1. The number of hydrogen-bond donors (Lipinski definition) is 2. The van der Waals surface area contributed by atoms with Gasteiger partial charge >= 0.3 is 0 Å². The van der Waals surface area contributed by atoms with Gasteiger partial charge in [-0.2, -0.15) is 0 Å². The lowest BCUT2D eigenvalue weighted by molar-refractivity contribution is -0.159. The van der Waals surface area contributed by atoms with Crippen molar-refractivity contribution in [3.05, 3.63) is 71.0 Å². The second-order valence-corrected chi connectivity index (χ2v) is 10.1. The van der Waals surface area contributed by atoms with Gasteiger partial charge in [0.25, 0.3) is 0 Å². The van der Waals surface area contributed by atoms with Crippen LogP contribution in [0.3, 0.4) is 0 Å². The van der Waals surface area contributed by atoms with Gasteiger partial charge in [0.1, 0.15) is 23.9 Å². The van der Waals surface area contributed by atoms with E-state index in [2.05, 4.69) is 22.8 Å². The van der Waals surface area contributed by atoms with Gasteiger partial charge in [0.05, 0.1) is 0 Å². The van der Waals surface area contributed by atoms with Crippen LogP contribution in [0.15, 0.2) is 48.5 Å². The number of benzene rings is 2. The summed E-state index contributed by atoms with van der Waals surface area (Å²) in [6.45, 7) is 7.56. The van der Waals surface area contributed by atoms with Crippen LogP contribution in [-0.2, 0) is 27.2 Å². The van der Waals surface area contributed by atoms with Crippen LogP contribution in [0.2, 0.25) is 0 Å². The molecular weight excluding hydrogens is 445 g/mol. The highest BCUT2D eigenvalue weighted by Gasteiger charge is 2.50. The minimum absolute atomic E-state index is 0.0914. The average molecular weight is 480 g/mol. The number of nitrogens with zero attached hydrogens (tertiary/aromatic N) is 1. The van der Waals surface area contributed by atoms with Gasteiger partial charge in [0.2, 0.25) is 17.7 Å². The number of halogens is 1. The Balaban J connectivity index is 1.76. The summed E-state index contributed by atoms with van der Waals surface area (Å²) in [6, 6.07) is 10.9.